The summed E-state index contributed by atoms with van der Waals surface area (Å²) in [6.07, 6.45) is 1.12. The molecule has 2 aromatic carbocycles. The highest BCUT2D eigenvalue weighted by atomic mass is 32.2. The topological polar surface area (TPSA) is 63.7 Å². The van der Waals surface area contributed by atoms with E-state index in [1.54, 1.807) is 13.0 Å². The van der Waals surface area contributed by atoms with Crippen LogP contribution in [0.25, 0.3) is 0 Å². The summed E-state index contributed by atoms with van der Waals surface area (Å²) in [7, 11) is -3.38. The summed E-state index contributed by atoms with van der Waals surface area (Å²) in [5.41, 5.74) is 2.90. The van der Waals surface area contributed by atoms with Crippen molar-refractivity contribution in [1.82, 2.24) is 0 Å². The number of sulfone groups is 1. The van der Waals surface area contributed by atoms with Crippen molar-refractivity contribution in [1.29, 1.82) is 0 Å². The van der Waals surface area contributed by atoms with E-state index in [9.17, 15) is 13.2 Å². The monoisotopic (exact) mass is 375 g/mol. The summed E-state index contributed by atoms with van der Waals surface area (Å²) in [4.78, 5) is 14.8. The first-order chi connectivity index (χ1) is 12.3. The molecule has 0 N–H and O–H groups in total. The van der Waals surface area contributed by atoms with E-state index in [0.717, 1.165) is 30.6 Å². The summed E-state index contributed by atoms with van der Waals surface area (Å²) in [6.45, 7) is 7.76. The van der Waals surface area contributed by atoms with Gasteiger partial charge >= 0.3 is 5.97 Å². The van der Waals surface area contributed by atoms with Crippen molar-refractivity contribution < 1.29 is 17.9 Å². The number of ether oxygens (including phenoxy) is 1. The molecule has 2 aromatic rings. The Kier molecular flexibility index (Phi) is 6.42. The number of rotatable bonds is 7. The van der Waals surface area contributed by atoms with E-state index in [1.807, 2.05) is 24.3 Å². The third kappa shape index (κ3) is 4.64. The molecule has 26 heavy (non-hydrogen) atoms. The first-order valence-corrected chi connectivity index (χ1v) is 10.5. The number of benzene rings is 2. The normalized spacial score (nSPS) is 11.2. The molecule has 0 aliphatic heterocycles. The van der Waals surface area contributed by atoms with Gasteiger partial charge in [-0.25, -0.2) is 13.2 Å². The Balaban J connectivity index is 2.23. The Labute approximate surface area is 155 Å². The van der Waals surface area contributed by atoms with Gasteiger partial charge in [-0.3, -0.25) is 0 Å². The van der Waals surface area contributed by atoms with Crippen molar-refractivity contribution in [2.45, 2.75) is 32.3 Å². The molecule has 140 valence electrons. The Hall–Kier alpha value is -2.34. The summed E-state index contributed by atoms with van der Waals surface area (Å²) in [5.74, 6) is -0.526. The van der Waals surface area contributed by atoms with Crippen LogP contribution in [0.2, 0.25) is 0 Å². The van der Waals surface area contributed by atoms with Crippen LogP contribution >= 0.6 is 0 Å². The zero-order chi connectivity index (χ0) is 19.3. The van der Waals surface area contributed by atoms with Gasteiger partial charge in [0.05, 0.1) is 10.5 Å². The minimum Gasteiger partial charge on any atom is -0.457 e. The largest absolute Gasteiger partial charge is 0.457 e. The first-order valence-electron chi connectivity index (χ1n) is 8.58. The Morgan fingerprint density at radius 3 is 2.35 bits per heavy atom. The molecule has 0 aromatic heterocycles. The molecule has 0 spiro atoms. The average Bonchev–Trinajstić information content (AvgIpc) is 2.61. The Bertz CT molecular complexity index is 886. The smallest absolute Gasteiger partial charge is 0.338 e. The maximum absolute atomic E-state index is 12.5. The van der Waals surface area contributed by atoms with Gasteiger partial charge < -0.3 is 9.64 Å². The molecule has 0 bridgehead atoms. The van der Waals surface area contributed by atoms with E-state index < -0.39 is 15.8 Å². The maximum atomic E-state index is 12.5. The molecule has 0 saturated heterocycles. The van der Waals surface area contributed by atoms with Gasteiger partial charge in [0.25, 0.3) is 0 Å². The molecule has 0 unspecified atom stereocenters. The van der Waals surface area contributed by atoms with Gasteiger partial charge in [-0.05, 0) is 44.5 Å². The summed E-state index contributed by atoms with van der Waals surface area (Å²) in [6, 6.07) is 12.3. The van der Waals surface area contributed by atoms with Crippen LogP contribution in [-0.4, -0.2) is 33.7 Å². The van der Waals surface area contributed by atoms with Gasteiger partial charge in [-0.15, -0.1) is 0 Å². The molecule has 0 saturated carbocycles. The van der Waals surface area contributed by atoms with E-state index in [1.165, 1.54) is 12.1 Å². The van der Waals surface area contributed by atoms with Crippen LogP contribution in [0.1, 0.15) is 35.3 Å². The van der Waals surface area contributed by atoms with Crippen molar-refractivity contribution in [2.24, 2.45) is 0 Å². The molecular weight excluding hydrogens is 350 g/mol. The molecule has 5 nitrogen and oxygen atoms in total. The third-order valence-corrected chi connectivity index (χ3v) is 5.42. The van der Waals surface area contributed by atoms with E-state index >= 15 is 0 Å². The van der Waals surface area contributed by atoms with Crippen LogP contribution in [0, 0.1) is 6.92 Å². The highest BCUT2D eigenvalue weighted by Gasteiger charge is 2.16. The van der Waals surface area contributed by atoms with Crippen LogP contribution in [0.4, 0.5) is 5.69 Å². The summed E-state index contributed by atoms with van der Waals surface area (Å²) < 4.78 is 28.9. The highest BCUT2D eigenvalue weighted by molar-refractivity contribution is 7.90. The van der Waals surface area contributed by atoms with E-state index in [2.05, 4.69) is 18.7 Å². The minimum absolute atomic E-state index is 0.110. The van der Waals surface area contributed by atoms with Crippen LogP contribution in [-0.2, 0) is 21.2 Å². The number of carbonyl (C=O) groups is 1. The van der Waals surface area contributed by atoms with Crippen molar-refractivity contribution in [3.8, 4) is 0 Å². The zero-order valence-electron chi connectivity index (χ0n) is 15.7. The fraction of sp³-hybridized carbons (Fsp3) is 0.350. The molecular formula is C20H25NO4S. The van der Waals surface area contributed by atoms with Crippen LogP contribution in [0.15, 0.2) is 47.4 Å². The number of hydrogen-bond donors (Lipinski definition) is 0. The number of nitrogens with zero attached hydrogens (tertiary/aromatic N) is 1. The van der Waals surface area contributed by atoms with Crippen LogP contribution in [0.5, 0.6) is 0 Å². The third-order valence-electron chi connectivity index (χ3n) is 4.31. The quantitative estimate of drug-likeness (QED) is 0.692. The fourth-order valence-electron chi connectivity index (χ4n) is 2.78. The van der Waals surface area contributed by atoms with Crippen LogP contribution in [0.3, 0.4) is 0 Å². The predicted molar refractivity (Wildman–Crippen MR) is 103 cm³/mol. The Morgan fingerprint density at radius 1 is 1.08 bits per heavy atom. The molecule has 0 atom stereocenters. The molecule has 0 aliphatic carbocycles. The van der Waals surface area contributed by atoms with Crippen molar-refractivity contribution in [2.75, 3.05) is 24.2 Å². The number of anilines is 1. The van der Waals surface area contributed by atoms with Gasteiger partial charge in [0.15, 0.2) is 9.84 Å². The second-order valence-electron chi connectivity index (χ2n) is 6.13. The molecule has 0 amide bonds. The van der Waals surface area contributed by atoms with Gasteiger partial charge in [0.2, 0.25) is 0 Å². The molecule has 0 aliphatic rings. The van der Waals surface area contributed by atoms with Crippen molar-refractivity contribution in [3.05, 3.63) is 59.2 Å². The molecule has 6 heteroatoms. The fourth-order valence-corrected chi connectivity index (χ4v) is 3.43. The number of esters is 1. The Morgan fingerprint density at radius 2 is 1.73 bits per heavy atom. The lowest BCUT2D eigenvalue weighted by atomic mass is 10.1. The first kappa shape index (κ1) is 20.0. The number of aryl methyl sites for hydroxylation is 1. The maximum Gasteiger partial charge on any atom is 0.338 e. The second-order valence-corrected chi connectivity index (χ2v) is 8.14. The standard InChI is InChI=1S/C20H25NO4S/c1-5-21(6-2)19-10-8-7-9-16(19)14-25-20(22)18-13-17(26(4,23)24)12-11-15(18)3/h7-13H,5-6,14H2,1-4H3. The lowest BCUT2D eigenvalue weighted by Crippen LogP contribution is -2.23. The minimum atomic E-state index is -3.38. The molecule has 2 rings (SSSR count). The molecule has 0 fully saturated rings. The van der Waals surface area contributed by atoms with Crippen molar-refractivity contribution in [3.63, 3.8) is 0 Å². The van der Waals surface area contributed by atoms with Crippen molar-refractivity contribution >= 4 is 21.5 Å². The van der Waals surface area contributed by atoms with Gasteiger partial charge in [-0.1, -0.05) is 24.3 Å². The van der Waals surface area contributed by atoms with Gasteiger partial charge in [0.1, 0.15) is 6.61 Å². The summed E-state index contributed by atoms with van der Waals surface area (Å²) in [5, 5.41) is 0. The molecule has 0 heterocycles. The highest BCUT2D eigenvalue weighted by Crippen LogP contribution is 2.22. The predicted octanol–water partition coefficient (Wildman–Crippen LogP) is 3.60. The van der Waals surface area contributed by atoms with Crippen LogP contribution < -0.4 is 4.90 Å². The average molecular weight is 375 g/mol. The molecule has 0 radical (unpaired) electrons. The van der Waals surface area contributed by atoms with Gasteiger partial charge in [0, 0.05) is 30.6 Å². The zero-order valence-corrected chi connectivity index (χ0v) is 16.5. The van der Waals surface area contributed by atoms with E-state index in [0.29, 0.717) is 5.56 Å². The SMILES string of the molecule is CCN(CC)c1ccccc1COC(=O)c1cc(S(C)(=O)=O)ccc1C. The number of para-hydroxylation sites is 1. The lowest BCUT2D eigenvalue weighted by Gasteiger charge is -2.24. The summed E-state index contributed by atoms with van der Waals surface area (Å²) >= 11 is 0. The number of hydrogen-bond acceptors (Lipinski definition) is 5. The second kappa shape index (κ2) is 8.36. The van der Waals surface area contributed by atoms with E-state index in [4.69, 9.17) is 4.74 Å². The van der Waals surface area contributed by atoms with Gasteiger partial charge in [-0.2, -0.15) is 0 Å². The lowest BCUT2D eigenvalue weighted by molar-refractivity contribution is 0.0472. The number of carbonyl (C=O) groups excluding carboxylic acids is 1. The van der Waals surface area contributed by atoms with E-state index in [-0.39, 0.29) is 17.1 Å².